The molecule has 0 aliphatic carbocycles. The van der Waals surface area contributed by atoms with E-state index in [4.69, 9.17) is 14.0 Å². The van der Waals surface area contributed by atoms with E-state index in [1.54, 1.807) is 0 Å². The maximum absolute atomic E-state index is 12.4. The first-order valence-electron chi connectivity index (χ1n) is 10.6. The van der Waals surface area contributed by atoms with Gasteiger partial charge in [0.05, 0.1) is 17.2 Å². The second-order valence-corrected chi connectivity index (χ2v) is 10.5. The maximum atomic E-state index is 12.4. The molecule has 3 fully saturated rings. The molecule has 29 heavy (non-hydrogen) atoms. The van der Waals surface area contributed by atoms with Gasteiger partial charge in [0.25, 0.3) is 0 Å². The van der Waals surface area contributed by atoms with Gasteiger partial charge in [-0.3, -0.25) is 0 Å². The van der Waals surface area contributed by atoms with E-state index in [1.807, 2.05) is 25.7 Å². The number of fused-ring (bicyclic) bond motifs is 2. The number of rotatable bonds is 2. The molecule has 3 saturated heterocycles. The van der Waals surface area contributed by atoms with Crippen LogP contribution in [0.3, 0.4) is 0 Å². The molecule has 7 heteroatoms. The first kappa shape index (κ1) is 20.5. The summed E-state index contributed by atoms with van der Waals surface area (Å²) in [7, 11) is -0.341. The third-order valence-electron chi connectivity index (χ3n) is 6.62. The Balaban J connectivity index is 1.40. The van der Waals surface area contributed by atoms with Gasteiger partial charge in [-0.05, 0) is 72.5 Å². The van der Waals surface area contributed by atoms with Crippen LogP contribution in [-0.4, -0.2) is 60.1 Å². The Morgan fingerprint density at radius 3 is 2.10 bits per heavy atom. The van der Waals surface area contributed by atoms with Crippen LogP contribution in [0.2, 0.25) is 0 Å². The summed E-state index contributed by atoms with van der Waals surface area (Å²) in [4.78, 5) is 16.7. The largest absolute Gasteiger partial charge is 0.494 e. The van der Waals surface area contributed by atoms with Gasteiger partial charge in [-0.15, -0.1) is 0 Å². The highest BCUT2D eigenvalue weighted by Crippen LogP contribution is 2.37. The van der Waals surface area contributed by atoms with Gasteiger partial charge in [0.1, 0.15) is 5.60 Å². The summed E-state index contributed by atoms with van der Waals surface area (Å²) in [6.07, 6.45) is 0.804. The van der Waals surface area contributed by atoms with E-state index < -0.39 is 5.60 Å². The van der Waals surface area contributed by atoms with Crippen LogP contribution in [0.1, 0.15) is 54.9 Å². The van der Waals surface area contributed by atoms with Crippen molar-refractivity contribution in [2.24, 2.45) is 0 Å². The van der Waals surface area contributed by atoms with Crippen LogP contribution < -0.4 is 10.4 Å². The summed E-state index contributed by atoms with van der Waals surface area (Å²) in [5.74, 6) is 0. The second-order valence-electron chi connectivity index (χ2n) is 10.5. The molecule has 1 aromatic rings. The molecule has 2 bridgehead atoms. The van der Waals surface area contributed by atoms with Crippen molar-refractivity contribution in [1.29, 1.82) is 0 Å². The number of likely N-dealkylation sites (tertiary alicyclic amines) is 1. The zero-order valence-electron chi connectivity index (χ0n) is 18.7. The predicted octanol–water partition coefficient (Wildman–Crippen LogP) is 3.18. The van der Waals surface area contributed by atoms with Crippen molar-refractivity contribution in [3.63, 3.8) is 0 Å². The minimum atomic E-state index is -0.456. The van der Waals surface area contributed by atoms with Crippen LogP contribution in [0.25, 0.3) is 0 Å². The van der Waals surface area contributed by atoms with Crippen LogP contribution in [0.4, 0.5) is 10.5 Å². The average molecular weight is 400 g/mol. The number of carbonyl (C=O) groups is 1. The molecule has 3 aliphatic rings. The van der Waals surface area contributed by atoms with E-state index in [-0.39, 0.29) is 30.5 Å². The minimum Gasteiger partial charge on any atom is -0.444 e. The Kier molecular flexibility index (Phi) is 4.70. The fourth-order valence-electron chi connectivity index (χ4n) is 4.33. The van der Waals surface area contributed by atoms with E-state index in [0.29, 0.717) is 6.04 Å². The number of anilines is 1. The van der Waals surface area contributed by atoms with Gasteiger partial charge in [-0.2, -0.15) is 0 Å². The van der Waals surface area contributed by atoms with Crippen LogP contribution in [0.15, 0.2) is 24.3 Å². The molecule has 0 saturated carbocycles. The molecule has 0 aromatic heterocycles. The number of amides is 1. The second kappa shape index (κ2) is 6.64. The van der Waals surface area contributed by atoms with Crippen molar-refractivity contribution in [1.82, 2.24) is 4.90 Å². The minimum absolute atomic E-state index is 0.194. The first-order chi connectivity index (χ1) is 13.4. The Morgan fingerprint density at radius 1 is 1.03 bits per heavy atom. The highest BCUT2D eigenvalue weighted by atomic mass is 16.7. The number of nitrogens with zero attached hydrogens (tertiary/aromatic N) is 2. The summed E-state index contributed by atoms with van der Waals surface area (Å²) < 4.78 is 17.9. The van der Waals surface area contributed by atoms with E-state index in [2.05, 4.69) is 56.9 Å². The summed E-state index contributed by atoms with van der Waals surface area (Å²) in [6.45, 7) is 15.6. The van der Waals surface area contributed by atoms with E-state index in [0.717, 1.165) is 25.0 Å². The highest BCUT2D eigenvalue weighted by Gasteiger charge is 2.52. The summed E-state index contributed by atoms with van der Waals surface area (Å²) in [5.41, 5.74) is 1.08. The normalized spacial score (nSPS) is 27.6. The fraction of sp³-hybridized carbons (Fsp3) is 0.682. The number of ether oxygens (including phenoxy) is 1. The molecule has 1 amide bonds. The van der Waals surface area contributed by atoms with Crippen molar-refractivity contribution in [3.8, 4) is 0 Å². The van der Waals surface area contributed by atoms with Crippen LogP contribution in [0.5, 0.6) is 0 Å². The fourth-order valence-corrected chi connectivity index (χ4v) is 4.33. The number of benzene rings is 1. The molecule has 0 unspecified atom stereocenters. The molecule has 0 spiro atoms. The maximum Gasteiger partial charge on any atom is 0.494 e. The lowest BCUT2D eigenvalue weighted by atomic mass is 9.79. The van der Waals surface area contributed by atoms with Crippen molar-refractivity contribution in [2.75, 3.05) is 18.0 Å². The highest BCUT2D eigenvalue weighted by molar-refractivity contribution is 6.62. The van der Waals surface area contributed by atoms with Crippen LogP contribution in [-0.2, 0) is 14.0 Å². The van der Waals surface area contributed by atoms with Gasteiger partial charge in [0, 0.05) is 24.8 Å². The molecule has 6 nitrogen and oxygen atoms in total. The topological polar surface area (TPSA) is 51.2 Å². The molecular formula is C22H33BN2O4. The predicted molar refractivity (Wildman–Crippen MR) is 115 cm³/mol. The summed E-state index contributed by atoms with van der Waals surface area (Å²) in [5, 5.41) is 0. The number of carbonyl (C=O) groups excluding carboxylic acids is 1. The lowest BCUT2D eigenvalue weighted by Gasteiger charge is -2.36. The summed E-state index contributed by atoms with van der Waals surface area (Å²) >= 11 is 0. The molecule has 4 rings (SSSR count). The van der Waals surface area contributed by atoms with Crippen molar-refractivity contribution in [2.45, 2.75) is 83.8 Å². The van der Waals surface area contributed by atoms with Crippen LogP contribution in [0, 0.1) is 0 Å². The van der Waals surface area contributed by atoms with Gasteiger partial charge in [-0.1, -0.05) is 12.1 Å². The monoisotopic (exact) mass is 400 g/mol. The average Bonchev–Trinajstić information content (AvgIpc) is 3.25. The molecule has 1 aromatic carbocycles. The molecule has 3 heterocycles. The standard InChI is InChI=1S/C22H33BN2O4/c1-20(2,3)27-19(26)25-14-17-12-18(25)13-24(17)16-10-8-15(9-11-16)23-28-21(4,5)22(6,7)29-23/h8-11,17-18H,12-14H2,1-7H3/t17-,18+/m1/s1. The van der Waals surface area contributed by atoms with Crippen LogP contribution >= 0.6 is 0 Å². The zero-order chi connectivity index (χ0) is 21.2. The zero-order valence-corrected chi connectivity index (χ0v) is 18.7. The third-order valence-corrected chi connectivity index (χ3v) is 6.62. The Labute approximate surface area is 174 Å². The van der Waals surface area contributed by atoms with Crippen molar-refractivity contribution in [3.05, 3.63) is 24.3 Å². The van der Waals surface area contributed by atoms with Gasteiger partial charge in [0.15, 0.2) is 0 Å². The lowest BCUT2D eigenvalue weighted by molar-refractivity contribution is 0.00578. The van der Waals surface area contributed by atoms with Crippen molar-refractivity contribution < 1.29 is 18.8 Å². The lowest BCUT2D eigenvalue weighted by Crippen LogP contribution is -2.50. The van der Waals surface area contributed by atoms with E-state index >= 15 is 0 Å². The molecule has 3 aliphatic heterocycles. The van der Waals surface area contributed by atoms with Gasteiger partial charge in [-0.25, -0.2) is 4.79 Å². The van der Waals surface area contributed by atoms with Gasteiger partial charge in [0.2, 0.25) is 0 Å². The smallest absolute Gasteiger partial charge is 0.444 e. The first-order valence-corrected chi connectivity index (χ1v) is 10.6. The van der Waals surface area contributed by atoms with E-state index in [9.17, 15) is 4.79 Å². The van der Waals surface area contributed by atoms with Crippen molar-refractivity contribution >= 4 is 24.4 Å². The Morgan fingerprint density at radius 2 is 1.62 bits per heavy atom. The third kappa shape index (κ3) is 3.75. The quantitative estimate of drug-likeness (QED) is 0.714. The molecule has 2 atom stereocenters. The number of hydrogen-bond acceptors (Lipinski definition) is 5. The van der Waals surface area contributed by atoms with Gasteiger partial charge >= 0.3 is 13.2 Å². The van der Waals surface area contributed by atoms with E-state index in [1.165, 1.54) is 5.69 Å². The molecule has 158 valence electrons. The SMILES string of the molecule is CC(C)(C)OC(=O)N1C[C@H]2C[C@H]1CN2c1ccc(B2OC(C)(C)C(C)(C)O2)cc1. The summed E-state index contributed by atoms with van der Waals surface area (Å²) in [6, 6.07) is 9.02. The van der Waals surface area contributed by atoms with Gasteiger partial charge < -0.3 is 23.8 Å². The molecule has 0 radical (unpaired) electrons. The molecule has 0 N–H and O–H groups in total. The number of hydrogen-bond donors (Lipinski definition) is 0. The molecular weight excluding hydrogens is 367 g/mol. The number of piperazine rings is 1. The Hall–Kier alpha value is -1.73. The Bertz CT molecular complexity index is 771.